The lowest BCUT2D eigenvalue weighted by Gasteiger charge is -2.26. The predicted molar refractivity (Wildman–Crippen MR) is 90.7 cm³/mol. The molecule has 6 nitrogen and oxygen atoms in total. The van der Waals surface area contributed by atoms with E-state index in [0.29, 0.717) is 16.8 Å². The Bertz CT molecular complexity index is 762. The predicted octanol–water partition coefficient (Wildman–Crippen LogP) is 3.17. The van der Waals surface area contributed by atoms with Gasteiger partial charge in [-0.25, -0.2) is 4.79 Å². The summed E-state index contributed by atoms with van der Waals surface area (Å²) in [5, 5.41) is 9.19. The van der Waals surface area contributed by atoms with Crippen molar-refractivity contribution >= 4 is 11.9 Å². The lowest BCUT2D eigenvalue weighted by atomic mass is 10.0. The topological polar surface area (TPSA) is 82.6 Å². The van der Waals surface area contributed by atoms with Gasteiger partial charge in [0.2, 0.25) is 0 Å². The van der Waals surface area contributed by atoms with E-state index in [1.807, 2.05) is 31.2 Å². The lowest BCUT2D eigenvalue weighted by molar-refractivity contribution is 0.0690. The molecule has 0 aliphatic heterocycles. The normalized spacial score (nSPS) is 11.9. The fraction of sp³-hybridized carbons (Fsp3) is 0.333. The molecule has 0 saturated carbocycles. The zero-order chi connectivity index (χ0) is 18.0. The molecule has 6 heteroatoms. The minimum atomic E-state index is -1.07. The van der Waals surface area contributed by atoms with Gasteiger partial charge in [-0.15, -0.1) is 0 Å². The summed E-state index contributed by atoms with van der Waals surface area (Å²) in [5.41, 5.74) is 2.45. The summed E-state index contributed by atoms with van der Waals surface area (Å²) in [6.45, 7) is 5.28. The molecule has 24 heavy (non-hydrogen) atoms. The number of carbonyl (C=O) groups excluding carboxylic acids is 1. The first-order valence-corrected chi connectivity index (χ1v) is 7.61. The van der Waals surface area contributed by atoms with Crippen molar-refractivity contribution in [1.29, 1.82) is 0 Å². The maximum atomic E-state index is 12.8. The van der Waals surface area contributed by atoms with E-state index < -0.39 is 5.97 Å². The number of carboxylic acids is 1. The minimum absolute atomic E-state index is 0.0568. The Morgan fingerprint density at radius 2 is 1.79 bits per heavy atom. The van der Waals surface area contributed by atoms with Crippen LogP contribution in [0, 0.1) is 13.8 Å². The summed E-state index contributed by atoms with van der Waals surface area (Å²) in [4.78, 5) is 28.5. The molecular formula is C18H22N2O4. The molecular weight excluding hydrogens is 308 g/mol. The van der Waals surface area contributed by atoms with E-state index >= 15 is 0 Å². The third-order valence-electron chi connectivity index (χ3n) is 4.36. The fourth-order valence-corrected chi connectivity index (χ4v) is 2.74. The van der Waals surface area contributed by atoms with Crippen LogP contribution in [-0.4, -0.2) is 41.0 Å². The first kappa shape index (κ1) is 17.6. The van der Waals surface area contributed by atoms with Gasteiger partial charge in [0.05, 0.1) is 18.7 Å². The highest BCUT2D eigenvalue weighted by molar-refractivity contribution is 6.00. The van der Waals surface area contributed by atoms with Crippen molar-refractivity contribution in [2.24, 2.45) is 0 Å². The second-order valence-corrected chi connectivity index (χ2v) is 5.80. The zero-order valence-electron chi connectivity index (χ0n) is 14.5. The van der Waals surface area contributed by atoms with Crippen LogP contribution in [0.2, 0.25) is 0 Å². The van der Waals surface area contributed by atoms with Gasteiger partial charge in [-0.1, -0.05) is 12.1 Å². The number of aryl methyl sites for hydroxylation is 1. The van der Waals surface area contributed by atoms with Crippen LogP contribution in [0.5, 0.6) is 5.75 Å². The van der Waals surface area contributed by atoms with Crippen molar-refractivity contribution in [3.63, 3.8) is 0 Å². The highest BCUT2D eigenvalue weighted by atomic mass is 16.5. The molecule has 0 bridgehead atoms. The van der Waals surface area contributed by atoms with Crippen LogP contribution in [-0.2, 0) is 0 Å². The van der Waals surface area contributed by atoms with Gasteiger partial charge in [-0.05, 0) is 44.0 Å². The summed E-state index contributed by atoms with van der Waals surface area (Å²) < 4.78 is 5.14. The van der Waals surface area contributed by atoms with E-state index in [0.717, 1.165) is 11.3 Å². The molecule has 0 aliphatic carbocycles. The first-order valence-electron chi connectivity index (χ1n) is 7.61. The van der Waals surface area contributed by atoms with Crippen molar-refractivity contribution in [3.05, 3.63) is 52.3 Å². The van der Waals surface area contributed by atoms with Gasteiger partial charge in [0, 0.05) is 12.7 Å². The Labute approximate surface area is 141 Å². The third kappa shape index (κ3) is 3.13. The molecule has 0 aliphatic rings. The second kappa shape index (κ2) is 6.78. The van der Waals surface area contributed by atoms with E-state index in [-0.39, 0.29) is 17.6 Å². The highest BCUT2D eigenvalue weighted by Gasteiger charge is 2.26. The van der Waals surface area contributed by atoms with E-state index in [4.69, 9.17) is 4.74 Å². The van der Waals surface area contributed by atoms with Crippen LogP contribution >= 0.6 is 0 Å². The number of carbonyl (C=O) groups is 2. The maximum Gasteiger partial charge on any atom is 0.352 e. The van der Waals surface area contributed by atoms with Gasteiger partial charge >= 0.3 is 5.97 Å². The molecule has 2 N–H and O–H groups in total. The number of aromatic nitrogens is 1. The number of hydrogen-bond donors (Lipinski definition) is 2. The quantitative estimate of drug-likeness (QED) is 0.882. The van der Waals surface area contributed by atoms with Gasteiger partial charge in [0.25, 0.3) is 5.91 Å². The number of H-pyrrole nitrogens is 1. The van der Waals surface area contributed by atoms with Crippen LogP contribution in [0.15, 0.2) is 24.3 Å². The molecule has 1 aromatic carbocycles. The van der Waals surface area contributed by atoms with Crippen molar-refractivity contribution in [2.75, 3.05) is 14.2 Å². The second-order valence-electron chi connectivity index (χ2n) is 5.80. The Balaban J connectivity index is 2.30. The summed E-state index contributed by atoms with van der Waals surface area (Å²) in [6, 6.07) is 7.35. The standard InChI is InChI=1S/C18H22N2O4/c1-10-15(11(2)19-16(10)18(22)23)17(21)20(4)12(3)13-6-8-14(24-5)9-7-13/h6-9,12,19H,1-5H3,(H,22,23). The summed E-state index contributed by atoms with van der Waals surface area (Å²) in [6.07, 6.45) is 0. The zero-order valence-corrected chi connectivity index (χ0v) is 14.5. The number of nitrogens with one attached hydrogen (secondary N) is 1. The average molecular weight is 330 g/mol. The van der Waals surface area contributed by atoms with E-state index in [1.165, 1.54) is 0 Å². The van der Waals surface area contributed by atoms with Crippen LogP contribution in [0.1, 0.15) is 50.6 Å². The number of aromatic amines is 1. The Kier molecular flexibility index (Phi) is 4.97. The molecule has 1 aromatic heterocycles. The summed E-state index contributed by atoms with van der Waals surface area (Å²) >= 11 is 0. The number of methoxy groups -OCH3 is 1. The minimum Gasteiger partial charge on any atom is -0.497 e. The monoisotopic (exact) mass is 330 g/mol. The Morgan fingerprint density at radius 3 is 2.25 bits per heavy atom. The van der Waals surface area contributed by atoms with Gasteiger partial charge in [-0.2, -0.15) is 0 Å². The number of ether oxygens (including phenoxy) is 1. The molecule has 1 heterocycles. The number of benzene rings is 1. The van der Waals surface area contributed by atoms with Crippen molar-refractivity contribution < 1.29 is 19.4 Å². The Hall–Kier alpha value is -2.76. The first-order chi connectivity index (χ1) is 11.3. The van der Waals surface area contributed by atoms with Crippen LogP contribution in [0.4, 0.5) is 0 Å². The fourth-order valence-electron chi connectivity index (χ4n) is 2.74. The van der Waals surface area contributed by atoms with Gasteiger partial charge < -0.3 is 19.7 Å². The molecule has 0 radical (unpaired) electrons. The average Bonchev–Trinajstić information content (AvgIpc) is 2.87. The number of carboxylic acid groups (broad SMARTS) is 1. The number of rotatable bonds is 5. The van der Waals surface area contributed by atoms with Crippen molar-refractivity contribution in [1.82, 2.24) is 9.88 Å². The third-order valence-corrected chi connectivity index (χ3v) is 4.36. The molecule has 0 saturated heterocycles. The molecule has 1 atom stereocenters. The Morgan fingerprint density at radius 1 is 1.21 bits per heavy atom. The molecule has 0 spiro atoms. The summed E-state index contributed by atoms with van der Waals surface area (Å²) in [5.74, 6) is -0.527. The molecule has 0 fully saturated rings. The molecule has 2 aromatic rings. The molecule has 128 valence electrons. The van der Waals surface area contributed by atoms with Gasteiger partial charge in [0.15, 0.2) is 0 Å². The van der Waals surface area contributed by atoms with Gasteiger partial charge in [0.1, 0.15) is 11.4 Å². The smallest absolute Gasteiger partial charge is 0.352 e. The van der Waals surface area contributed by atoms with E-state index in [9.17, 15) is 14.7 Å². The number of amides is 1. The van der Waals surface area contributed by atoms with Crippen molar-refractivity contribution in [2.45, 2.75) is 26.8 Å². The molecule has 2 rings (SSSR count). The lowest BCUT2D eigenvalue weighted by Crippen LogP contribution is -2.30. The maximum absolute atomic E-state index is 12.8. The molecule has 1 amide bonds. The van der Waals surface area contributed by atoms with Crippen molar-refractivity contribution in [3.8, 4) is 5.75 Å². The summed E-state index contributed by atoms with van der Waals surface area (Å²) in [7, 11) is 3.31. The van der Waals surface area contributed by atoms with Crippen LogP contribution in [0.25, 0.3) is 0 Å². The number of nitrogens with zero attached hydrogens (tertiary/aromatic N) is 1. The number of aromatic carboxylic acids is 1. The van der Waals surface area contributed by atoms with E-state index in [1.54, 1.807) is 32.9 Å². The number of hydrogen-bond acceptors (Lipinski definition) is 3. The van der Waals surface area contributed by atoms with Crippen LogP contribution in [0.3, 0.4) is 0 Å². The highest BCUT2D eigenvalue weighted by Crippen LogP contribution is 2.26. The van der Waals surface area contributed by atoms with Gasteiger partial charge in [-0.3, -0.25) is 4.79 Å². The van der Waals surface area contributed by atoms with E-state index in [2.05, 4.69) is 4.98 Å². The SMILES string of the molecule is COc1ccc(C(C)N(C)C(=O)c2c(C)[nH]c(C(=O)O)c2C)cc1. The molecule has 1 unspecified atom stereocenters. The largest absolute Gasteiger partial charge is 0.497 e. The van der Waals surface area contributed by atoms with Crippen LogP contribution < -0.4 is 4.74 Å².